The lowest BCUT2D eigenvalue weighted by Crippen LogP contribution is -3.19. The molecular weight excluding hydrogens is 353 g/mol. The van der Waals surface area contributed by atoms with Gasteiger partial charge in [0.25, 0.3) is 5.91 Å². The molecular formula is C20H24ClFN3O+. The zero-order valence-corrected chi connectivity index (χ0v) is 15.6. The fourth-order valence-corrected chi connectivity index (χ4v) is 3.56. The molecule has 1 amide bonds. The normalized spacial score (nSPS) is 16.3. The SMILES string of the molecule is C[C@H](C(=O)NCc1ccc(F)cc1)[NH+]1CCN(c2ccccc2Cl)CC1. The molecule has 138 valence electrons. The number of hydrogen-bond acceptors (Lipinski definition) is 2. The van der Waals surface area contributed by atoms with Crippen LogP contribution >= 0.6 is 11.6 Å². The van der Waals surface area contributed by atoms with Crippen LogP contribution in [0.5, 0.6) is 0 Å². The molecule has 2 N–H and O–H groups in total. The van der Waals surface area contributed by atoms with Crippen molar-refractivity contribution in [1.82, 2.24) is 5.32 Å². The van der Waals surface area contributed by atoms with Crippen LogP contribution in [0.2, 0.25) is 5.02 Å². The van der Waals surface area contributed by atoms with Crippen molar-refractivity contribution in [1.29, 1.82) is 0 Å². The van der Waals surface area contributed by atoms with Crippen LogP contribution in [0.15, 0.2) is 48.5 Å². The Morgan fingerprint density at radius 3 is 2.50 bits per heavy atom. The van der Waals surface area contributed by atoms with Gasteiger partial charge in [0.1, 0.15) is 5.82 Å². The van der Waals surface area contributed by atoms with Crippen LogP contribution in [-0.4, -0.2) is 38.1 Å². The summed E-state index contributed by atoms with van der Waals surface area (Å²) in [5.74, 6) is -0.246. The van der Waals surface area contributed by atoms with Crippen LogP contribution in [0, 0.1) is 5.82 Å². The van der Waals surface area contributed by atoms with E-state index in [-0.39, 0.29) is 17.8 Å². The predicted molar refractivity (Wildman–Crippen MR) is 102 cm³/mol. The summed E-state index contributed by atoms with van der Waals surface area (Å²) >= 11 is 6.28. The third-order valence-corrected chi connectivity index (χ3v) is 5.30. The maximum absolute atomic E-state index is 12.9. The van der Waals surface area contributed by atoms with Crippen molar-refractivity contribution in [2.24, 2.45) is 0 Å². The van der Waals surface area contributed by atoms with Gasteiger partial charge in [-0.3, -0.25) is 4.79 Å². The van der Waals surface area contributed by atoms with Crippen molar-refractivity contribution in [3.05, 3.63) is 64.9 Å². The molecule has 1 atom stereocenters. The first kappa shape index (κ1) is 18.7. The molecule has 2 aromatic rings. The number of benzene rings is 2. The number of para-hydroxylation sites is 1. The maximum Gasteiger partial charge on any atom is 0.278 e. The fraction of sp³-hybridized carbons (Fsp3) is 0.350. The average molecular weight is 377 g/mol. The molecule has 1 saturated heterocycles. The average Bonchev–Trinajstić information content (AvgIpc) is 2.67. The van der Waals surface area contributed by atoms with Gasteiger partial charge in [0.2, 0.25) is 0 Å². The first-order valence-corrected chi connectivity index (χ1v) is 9.28. The molecule has 0 spiro atoms. The van der Waals surface area contributed by atoms with Gasteiger partial charge in [-0.25, -0.2) is 4.39 Å². The largest absolute Gasteiger partial charge is 0.359 e. The van der Waals surface area contributed by atoms with Crippen LogP contribution in [0.4, 0.5) is 10.1 Å². The summed E-state index contributed by atoms with van der Waals surface area (Å²) in [5.41, 5.74) is 1.95. The number of carbonyl (C=O) groups is 1. The van der Waals surface area contributed by atoms with E-state index in [4.69, 9.17) is 11.6 Å². The van der Waals surface area contributed by atoms with E-state index in [0.29, 0.717) is 6.54 Å². The molecule has 4 nitrogen and oxygen atoms in total. The number of quaternary nitrogens is 1. The Kier molecular flexibility index (Phi) is 6.12. The summed E-state index contributed by atoms with van der Waals surface area (Å²) in [6.45, 7) is 5.89. The predicted octanol–water partition coefficient (Wildman–Crippen LogP) is 1.89. The first-order valence-electron chi connectivity index (χ1n) is 8.91. The van der Waals surface area contributed by atoms with Gasteiger partial charge in [0.15, 0.2) is 6.04 Å². The zero-order valence-electron chi connectivity index (χ0n) is 14.8. The smallest absolute Gasteiger partial charge is 0.278 e. The lowest BCUT2D eigenvalue weighted by atomic mass is 10.2. The van der Waals surface area contributed by atoms with E-state index in [1.54, 1.807) is 12.1 Å². The number of piperazine rings is 1. The topological polar surface area (TPSA) is 36.8 Å². The lowest BCUT2D eigenvalue weighted by Gasteiger charge is -2.36. The number of rotatable bonds is 5. The Bertz CT molecular complexity index is 745. The summed E-state index contributed by atoms with van der Waals surface area (Å²) in [5, 5.41) is 3.72. The highest BCUT2D eigenvalue weighted by atomic mass is 35.5. The lowest BCUT2D eigenvalue weighted by molar-refractivity contribution is -0.914. The van der Waals surface area contributed by atoms with Crippen molar-refractivity contribution < 1.29 is 14.1 Å². The van der Waals surface area contributed by atoms with Gasteiger partial charge in [-0.15, -0.1) is 0 Å². The van der Waals surface area contributed by atoms with Crippen LogP contribution in [0.3, 0.4) is 0 Å². The molecule has 0 radical (unpaired) electrons. The van der Waals surface area contributed by atoms with E-state index < -0.39 is 0 Å². The fourth-order valence-electron chi connectivity index (χ4n) is 3.31. The van der Waals surface area contributed by atoms with E-state index in [0.717, 1.165) is 42.5 Å². The highest BCUT2D eigenvalue weighted by molar-refractivity contribution is 6.33. The number of halogens is 2. The Hall–Kier alpha value is -2.11. The second-order valence-electron chi connectivity index (χ2n) is 6.66. The van der Waals surface area contributed by atoms with Crippen molar-refractivity contribution in [2.45, 2.75) is 19.5 Å². The molecule has 1 fully saturated rings. The van der Waals surface area contributed by atoms with Gasteiger partial charge in [0.05, 0.1) is 36.9 Å². The van der Waals surface area contributed by atoms with Gasteiger partial charge in [-0.1, -0.05) is 35.9 Å². The highest BCUT2D eigenvalue weighted by Gasteiger charge is 2.29. The summed E-state index contributed by atoms with van der Waals surface area (Å²) in [6, 6.07) is 13.9. The van der Waals surface area contributed by atoms with E-state index in [1.807, 2.05) is 31.2 Å². The van der Waals surface area contributed by atoms with Gasteiger partial charge < -0.3 is 15.1 Å². The van der Waals surface area contributed by atoms with Crippen molar-refractivity contribution in [2.75, 3.05) is 31.1 Å². The summed E-state index contributed by atoms with van der Waals surface area (Å²) in [7, 11) is 0. The molecule has 1 heterocycles. The second-order valence-corrected chi connectivity index (χ2v) is 7.07. The minimum atomic E-state index is -0.269. The Balaban J connectivity index is 1.49. The van der Waals surface area contributed by atoms with E-state index >= 15 is 0 Å². The van der Waals surface area contributed by atoms with E-state index in [9.17, 15) is 9.18 Å². The maximum atomic E-state index is 12.9. The molecule has 0 aromatic heterocycles. The standard InChI is InChI=1S/C20H23ClFN3O/c1-15(20(26)23-14-16-6-8-17(22)9-7-16)24-10-12-25(13-11-24)19-5-3-2-4-18(19)21/h2-9,15H,10-14H2,1H3,(H,23,26)/p+1/t15-/m1/s1. The minimum Gasteiger partial charge on any atom is -0.359 e. The quantitative estimate of drug-likeness (QED) is 0.836. The Morgan fingerprint density at radius 2 is 1.85 bits per heavy atom. The molecule has 0 unspecified atom stereocenters. The zero-order chi connectivity index (χ0) is 18.5. The number of anilines is 1. The molecule has 2 aromatic carbocycles. The third kappa shape index (κ3) is 4.54. The first-order chi connectivity index (χ1) is 12.5. The molecule has 0 aliphatic carbocycles. The molecule has 0 bridgehead atoms. The molecule has 3 rings (SSSR count). The number of carbonyl (C=O) groups excluding carboxylic acids is 1. The van der Waals surface area contributed by atoms with Crippen LogP contribution in [0.25, 0.3) is 0 Å². The molecule has 1 aliphatic heterocycles. The van der Waals surface area contributed by atoms with Gasteiger partial charge >= 0.3 is 0 Å². The van der Waals surface area contributed by atoms with Gasteiger partial charge in [0, 0.05) is 6.54 Å². The molecule has 6 heteroatoms. The second kappa shape index (κ2) is 8.52. The summed E-state index contributed by atoms with van der Waals surface area (Å²) in [4.78, 5) is 16.0. The van der Waals surface area contributed by atoms with Crippen molar-refractivity contribution in [3.8, 4) is 0 Å². The summed E-state index contributed by atoms with van der Waals surface area (Å²) < 4.78 is 12.9. The monoisotopic (exact) mass is 376 g/mol. The minimum absolute atomic E-state index is 0.0236. The Morgan fingerprint density at radius 1 is 1.19 bits per heavy atom. The van der Waals surface area contributed by atoms with E-state index in [1.165, 1.54) is 17.0 Å². The molecule has 1 aliphatic rings. The molecule has 26 heavy (non-hydrogen) atoms. The highest BCUT2D eigenvalue weighted by Crippen LogP contribution is 2.24. The Labute approximate surface area is 158 Å². The van der Waals surface area contributed by atoms with Gasteiger partial charge in [-0.2, -0.15) is 0 Å². The van der Waals surface area contributed by atoms with Crippen LogP contribution in [-0.2, 0) is 11.3 Å². The molecule has 0 saturated carbocycles. The van der Waals surface area contributed by atoms with Crippen molar-refractivity contribution >= 4 is 23.2 Å². The van der Waals surface area contributed by atoms with Crippen LogP contribution < -0.4 is 15.1 Å². The van der Waals surface area contributed by atoms with Gasteiger partial charge in [-0.05, 0) is 36.8 Å². The third-order valence-electron chi connectivity index (χ3n) is 4.98. The number of nitrogens with zero attached hydrogens (tertiary/aromatic N) is 1. The van der Waals surface area contributed by atoms with E-state index in [2.05, 4.69) is 10.2 Å². The van der Waals surface area contributed by atoms with Crippen LogP contribution in [0.1, 0.15) is 12.5 Å². The summed E-state index contributed by atoms with van der Waals surface area (Å²) in [6.07, 6.45) is 0. The number of amides is 1. The number of nitrogens with one attached hydrogen (secondary N) is 2. The number of hydrogen-bond donors (Lipinski definition) is 2. The van der Waals surface area contributed by atoms with Crippen molar-refractivity contribution in [3.63, 3.8) is 0 Å².